The molecule has 6 nitrogen and oxygen atoms in total. The average molecular weight is 492 g/mol. The number of aryl methyl sites for hydroxylation is 1. The second kappa shape index (κ2) is 12.0. The minimum atomic E-state index is -0.0367. The van der Waals surface area contributed by atoms with Gasteiger partial charge in [0.15, 0.2) is 5.96 Å². The van der Waals surface area contributed by atoms with Crippen LogP contribution < -0.4 is 15.4 Å². The van der Waals surface area contributed by atoms with E-state index in [-0.39, 0.29) is 30.1 Å². The lowest BCUT2D eigenvalue weighted by Gasteiger charge is -2.15. The van der Waals surface area contributed by atoms with Crippen molar-refractivity contribution in [1.29, 1.82) is 0 Å². The monoisotopic (exact) mass is 491 g/mol. The summed E-state index contributed by atoms with van der Waals surface area (Å²) in [6.07, 6.45) is 3.84. The van der Waals surface area contributed by atoms with Crippen molar-refractivity contribution >= 4 is 41.5 Å². The highest BCUT2D eigenvalue weighted by Gasteiger charge is 2.05. The molecule has 0 radical (unpaired) electrons. The van der Waals surface area contributed by atoms with E-state index in [1.165, 1.54) is 0 Å². The van der Waals surface area contributed by atoms with Crippen molar-refractivity contribution in [2.75, 3.05) is 19.6 Å². The smallest absolute Gasteiger partial charge is 0.191 e. The minimum absolute atomic E-state index is 0. The molecule has 0 saturated carbocycles. The molecule has 2 aromatic rings. The zero-order valence-corrected chi connectivity index (χ0v) is 18.5. The van der Waals surface area contributed by atoms with Crippen LogP contribution in [-0.4, -0.2) is 41.5 Å². The van der Waals surface area contributed by atoms with Gasteiger partial charge in [-0.1, -0.05) is 11.6 Å². The Bertz CT molecular complexity index is 674. The van der Waals surface area contributed by atoms with Crippen molar-refractivity contribution in [3.63, 3.8) is 0 Å². The van der Waals surface area contributed by atoms with Crippen LogP contribution >= 0.6 is 35.6 Å². The van der Waals surface area contributed by atoms with E-state index in [2.05, 4.69) is 20.7 Å². The van der Waals surface area contributed by atoms with Crippen LogP contribution in [0.25, 0.3) is 0 Å². The summed E-state index contributed by atoms with van der Waals surface area (Å²) in [5.74, 6) is 1.57. The first-order chi connectivity index (χ1) is 12.1. The quantitative estimate of drug-likeness (QED) is 0.337. The molecule has 0 saturated heterocycles. The number of hydrogen-bond donors (Lipinski definition) is 2. The molecule has 0 spiro atoms. The molecule has 1 atom stereocenters. The van der Waals surface area contributed by atoms with Gasteiger partial charge < -0.3 is 15.4 Å². The summed E-state index contributed by atoms with van der Waals surface area (Å²) in [6.45, 7) is 8.97. The Kier molecular flexibility index (Phi) is 10.4. The van der Waals surface area contributed by atoms with Gasteiger partial charge in [-0.2, -0.15) is 5.10 Å². The van der Waals surface area contributed by atoms with E-state index >= 15 is 0 Å². The molecule has 1 aromatic heterocycles. The molecule has 26 heavy (non-hydrogen) atoms. The van der Waals surface area contributed by atoms with Crippen LogP contribution in [0.3, 0.4) is 0 Å². The van der Waals surface area contributed by atoms with Crippen LogP contribution in [-0.2, 0) is 6.54 Å². The molecule has 0 amide bonds. The number of nitrogens with one attached hydrogen (secondary N) is 2. The number of rotatable bonds is 8. The van der Waals surface area contributed by atoms with Gasteiger partial charge in [-0.25, -0.2) is 4.99 Å². The number of guanidine groups is 1. The fourth-order valence-corrected chi connectivity index (χ4v) is 2.35. The van der Waals surface area contributed by atoms with Crippen LogP contribution in [0.1, 0.15) is 19.4 Å². The third-order valence-corrected chi connectivity index (χ3v) is 3.65. The lowest BCUT2D eigenvalue weighted by atomic mass is 10.3. The summed E-state index contributed by atoms with van der Waals surface area (Å²) in [5, 5.41) is 11.5. The first-order valence-corrected chi connectivity index (χ1v) is 8.88. The van der Waals surface area contributed by atoms with Gasteiger partial charge in [-0.15, -0.1) is 24.0 Å². The minimum Gasteiger partial charge on any atom is -0.489 e. The molecule has 0 aliphatic rings. The summed E-state index contributed by atoms with van der Waals surface area (Å²) < 4.78 is 7.75. The summed E-state index contributed by atoms with van der Waals surface area (Å²) >= 11 is 5.88. The number of nitrogens with zero attached hydrogens (tertiary/aromatic N) is 3. The normalized spacial score (nSPS) is 12.2. The maximum Gasteiger partial charge on any atom is 0.191 e. The van der Waals surface area contributed by atoms with E-state index < -0.39 is 0 Å². The van der Waals surface area contributed by atoms with Gasteiger partial charge in [0.2, 0.25) is 0 Å². The van der Waals surface area contributed by atoms with Crippen molar-refractivity contribution in [2.24, 2.45) is 4.99 Å². The van der Waals surface area contributed by atoms with Gasteiger partial charge in [0.1, 0.15) is 11.9 Å². The van der Waals surface area contributed by atoms with Crippen LogP contribution in [0, 0.1) is 6.92 Å². The molecule has 1 aromatic carbocycles. The van der Waals surface area contributed by atoms with E-state index in [1.54, 1.807) is 0 Å². The van der Waals surface area contributed by atoms with E-state index in [0.29, 0.717) is 11.6 Å². The predicted molar refractivity (Wildman–Crippen MR) is 118 cm³/mol. The Labute approximate surface area is 177 Å². The first-order valence-electron chi connectivity index (χ1n) is 8.50. The Morgan fingerprint density at radius 2 is 2.04 bits per heavy atom. The van der Waals surface area contributed by atoms with Crippen LogP contribution in [0.4, 0.5) is 0 Å². The number of halogens is 2. The molecule has 1 heterocycles. The first kappa shape index (κ1) is 22.6. The molecule has 144 valence electrons. The number of benzene rings is 1. The van der Waals surface area contributed by atoms with Gasteiger partial charge in [-0.3, -0.25) is 4.68 Å². The van der Waals surface area contributed by atoms with E-state index in [0.717, 1.165) is 36.9 Å². The summed E-state index contributed by atoms with van der Waals surface area (Å²) in [5.41, 5.74) is 1.16. The van der Waals surface area contributed by atoms with E-state index in [1.807, 2.05) is 62.1 Å². The topological polar surface area (TPSA) is 63.5 Å². The number of aliphatic imine (C=N–C) groups is 1. The van der Waals surface area contributed by atoms with Crippen molar-refractivity contribution in [3.05, 3.63) is 47.2 Å². The predicted octanol–water partition coefficient (Wildman–Crippen LogP) is 3.49. The SMILES string of the molecule is CCNC(=NCC(C)Oc1ccc(Cl)cc1)NCCn1cc(C)cn1.I. The van der Waals surface area contributed by atoms with Gasteiger partial charge in [-0.05, 0) is 50.6 Å². The lowest BCUT2D eigenvalue weighted by Crippen LogP contribution is -2.39. The van der Waals surface area contributed by atoms with Gasteiger partial charge in [0.25, 0.3) is 0 Å². The molecule has 8 heteroatoms. The van der Waals surface area contributed by atoms with Crippen molar-refractivity contribution in [1.82, 2.24) is 20.4 Å². The van der Waals surface area contributed by atoms with E-state index in [4.69, 9.17) is 16.3 Å². The van der Waals surface area contributed by atoms with E-state index in [9.17, 15) is 0 Å². The maximum atomic E-state index is 5.88. The molecule has 0 bridgehead atoms. The third kappa shape index (κ3) is 8.27. The van der Waals surface area contributed by atoms with Crippen LogP contribution in [0.15, 0.2) is 41.7 Å². The lowest BCUT2D eigenvalue weighted by molar-refractivity contribution is 0.230. The molecule has 2 N–H and O–H groups in total. The zero-order chi connectivity index (χ0) is 18.1. The molecule has 0 fully saturated rings. The van der Waals surface area contributed by atoms with Gasteiger partial charge in [0, 0.05) is 24.3 Å². The fourth-order valence-electron chi connectivity index (χ4n) is 2.22. The number of hydrogen-bond acceptors (Lipinski definition) is 3. The molecular weight excluding hydrogens is 465 g/mol. The largest absolute Gasteiger partial charge is 0.489 e. The average Bonchev–Trinajstić information content (AvgIpc) is 3.00. The molecule has 0 aliphatic carbocycles. The highest BCUT2D eigenvalue weighted by atomic mass is 127. The molecule has 2 rings (SSSR count). The molecular formula is C18H27ClIN5O. The molecule has 1 unspecified atom stereocenters. The Balaban J connectivity index is 0.00000338. The number of ether oxygens (including phenoxy) is 1. The Morgan fingerprint density at radius 3 is 2.65 bits per heavy atom. The highest BCUT2D eigenvalue weighted by molar-refractivity contribution is 14.0. The Morgan fingerprint density at radius 1 is 1.31 bits per heavy atom. The number of aromatic nitrogens is 2. The second-order valence-electron chi connectivity index (χ2n) is 5.81. The highest BCUT2D eigenvalue weighted by Crippen LogP contribution is 2.16. The fraction of sp³-hybridized carbons (Fsp3) is 0.444. The van der Waals surface area contributed by atoms with Gasteiger partial charge in [0.05, 0.1) is 19.3 Å². The molecule has 0 aliphatic heterocycles. The van der Waals surface area contributed by atoms with Gasteiger partial charge >= 0.3 is 0 Å². The summed E-state index contributed by atoms with van der Waals surface area (Å²) in [4.78, 5) is 4.58. The van der Waals surface area contributed by atoms with Crippen molar-refractivity contribution < 1.29 is 4.74 Å². The van der Waals surface area contributed by atoms with Crippen LogP contribution in [0.5, 0.6) is 5.75 Å². The van der Waals surface area contributed by atoms with Crippen molar-refractivity contribution in [2.45, 2.75) is 33.4 Å². The van der Waals surface area contributed by atoms with Crippen molar-refractivity contribution in [3.8, 4) is 5.75 Å². The Hall–Kier alpha value is -1.48. The standard InChI is InChI=1S/C18H26ClN5O.HI/c1-4-20-18(21-9-10-24-13-14(2)11-23-24)22-12-15(3)25-17-7-5-16(19)6-8-17;/h5-8,11,13,15H,4,9-10,12H2,1-3H3,(H2,20,21,22);1H. The maximum absolute atomic E-state index is 5.88. The summed E-state index contributed by atoms with van der Waals surface area (Å²) in [7, 11) is 0. The van der Waals surface area contributed by atoms with Crippen LogP contribution in [0.2, 0.25) is 5.02 Å². The summed E-state index contributed by atoms with van der Waals surface area (Å²) in [6, 6.07) is 7.35. The zero-order valence-electron chi connectivity index (χ0n) is 15.4. The second-order valence-corrected chi connectivity index (χ2v) is 6.25. The third-order valence-electron chi connectivity index (χ3n) is 3.40.